The summed E-state index contributed by atoms with van der Waals surface area (Å²) in [6, 6.07) is 0. The summed E-state index contributed by atoms with van der Waals surface area (Å²) in [7, 11) is 0. The van der Waals surface area contributed by atoms with Gasteiger partial charge in [-0.1, -0.05) is 0 Å². The molecule has 3 aliphatic rings. The van der Waals surface area contributed by atoms with Gasteiger partial charge in [-0.05, 0) is 18.9 Å². The molecule has 0 bridgehead atoms. The zero-order chi connectivity index (χ0) is 12.2. The average Bonchev–Trinajstić information content (AvgIpc) is 2.49. The van der Waals surface area contributed by atoms with Crippen LogP contribution in [0.2, 0.25) is 0 Å². The molecule has 1 saturated heterocycles. The highest BCUT2D eigenvalue weighted by atomic mass is 16.6. The molecule has 0 N–H and O–H groups in total. The van der Waals surface area contributed by atoms with Crippen molar-refractivity contribution in [3.8, 4) is 0 Å². The number of ether oxygens (including phenoxy) is 5. The van der Waals surface area contributed by atoms with Gasteiger partial charge in [0, 0.05) is 0 Å². The zero-order valence-corrected chi connectivity index (χ0v) is 10.3. The van der Waals surface area contributed by atoms with E-state index in [-0.39, 0.29) is 12.2 Å². The van der Waals surface area contributed by atoms with Crippen LogP contribution in [-0.4, -0.2) is 45.2 Å². The molecule has 18 heavy (non-hydrogen) atoms. The third-order valence-corrected chi connectivity index (χ3v) is 3.16. The van der Waals surface area contributed by atoms with Crippen LogP contribution in [0.25, 0.3) is 0 Å². The molecular formula is C13H18O5. The summed E-state index contributed by atoms with van der Waals surface area (Å²) in [6.45, 7) is 3.01. The quantitative estimate of drug-likeness (QED) is 0.744. The van der Waals surface area contributed by atoms with Gasteiger partial charge in [0.15, 0.2) is 11.9 Å². The molecular weight excluding hydrogens is 236 g/mol. The lowest BCUT2D eigenvalue weighted by Gasteiger charge is -2.31. The van der Waals surface area contributed by atoms with Crippen LogP contribution in [0.1, 0.15) is 12.8 Å². The van der Waals surface area contributed by atoms with Crippen molar-refractivity contribution in [1.29, 1.82) is 0 Å². The minimum absolute atomic E-state index is 0.126. The molecule has 2 atom stereocenters. The van der Waals surface area contributed by atoms with Crippen molar-refractivity contribution in [3.63, 3.8) is 0 Å². The van der Waals surface area contributed by atoms with Crippen molar-refractivity contribution in [1.82, 2.24) is 0 Å². The maximum Gasteiger partial charge on any atom is 0.188 e. The maximum atomic E-state index is 5.69. The summed E-state index contributed by atoms with van der Waals surface area (Å²) in [4.78, 5) is 0. The molecule has 0 amide bonds. The van der Waals surface area contributed by atoms with E-state index < -0.39 is 0 Å². The van der Waals surface area contributed by atoms with Crippen LogP contribution < -0.4 is 0 Å². The van der Waals surface area contributed by atoms with Crippen molar-refractivity contribution in [3.05, 3.63) is 23.9 Å². The molecule has 0 aromatic rings. The summed E-state index contributed by atoms with van der Waals surface area (Å²) in [5, 5.41) is 0. The fraction of sp³-hybridized carbons (Fsp3) is 0.692. The molecule has 3 aliphatic heterocycles. The van der Waals surface area contributed by atoms with Crippen molar-refractivity contribution in [2.24, 2.45) is 0 Å². The summed E-state index contributed by atoms with van der Waals surface area (Å²) in [6.07, 6.45) is 5.57. The van der Waals surface area contributed by atoms with Crippen LogP contribution in [-0.2, 0) is 23.7 Å². The molecule has 2 unspecified atom stereocenters. The Balaban J connectivity index is 1.58. The highest BCUT2D eigenvalue weighted by Gasteiger charge is 2.28. The summed E-state index contributed by atoms with van der Waals surface area (Å²) >= 11 is 0. The van der Waals surface area contributed by atoms with Crippen LogP contribution >= 0.6 is 0 Å². The third kappa shape index (κ3) is 2.62. The van der Waals surface area contributed by atoms with E-state index in [1.165, 1.54) is 0 Å². The van der Waals surface area contributed by atoms with E-state index in [1.54, 1.807) is 6.26 Å². The molecule has 3 heterocycles. The molecule has 0 aromatic heterocycles. The molecule has 100 valence electrons. The first-order valence-electron chi connectivity index (χ1n) is 6.44. The van der Waals surface area contributed by atoms with Gasteiger partial charge < -0.3 is 23.7 Å². The minimum Gasteiger partial charge on any atom is -0.494 e. The summed E-state index contributed by atoms with van der Waals surface area (Å²) in [5.41, 5.74) is 0. The van der Waals surface area contributed by atoms with Gasteiger partial charge in [0.25, 0.3) is 0 Å². The third-order valence-electron chi connectivity index (χ3n) is 3.16. The highest BCUT2D eigenvalue weighted by Crippen LogP contribution is 2.23. The fourth-order valence-corrected chi connectivity index (χ4v) is 2.17. The number of hydrogen-bond donors (Lipinski definition) is 0. The summed E-state index contributed by atoms with van der Waals surface area (Å²) in [5.74, 6) is 1.60. The van der Waals surface area contributed by atoms with Gasteiger partial charge in [0.05, 0.1) is 26.4 Å². The smallest absolute Gasteiger partial charge is 0.188 e. The van der Waals surface area contributed by atoms with Crippen molar-refractivity contribution in [2.45, 2.75) is 25.0 Å². The normalized spacial score (nSPS) is 32.4. The van der Waals surface area contributed by atoms with Gasteiger partial charge in [0.2, 0.25) is 0 Å². The number of rotatable bonds is 2. The Morgan fingerprint density at radius 2 is 1.94 bits per heavy atom. The molecule has 0 aromatic carbocycles. The first kappa shape index (κ1) is 11.9. The molecule has 0 saturated carbocycles. The van der Waals surface area contributed by atoms with E-state index in [9.17, 15) is 0 Å². The van der Waals surface area contributed by atoms with E-state index in [0.717, 1.165) is 25.2 Å². The van der Waals surface area contributed by atoms with Gasteiger partial charge in [-0.15, -0.1) is 0 Å². The second-order valence-electron chi connectivity index (χ2n) is 4.49. The molecule has 3 rings (SSSR count). The lowest BCUT2D eigenvalue weighted by molar-refractivity contribution is -0.106. The van der Waals surface area contributed by atoms with Crippen LogP contribution in [0, 0.1) is 0 Å². The first-order chi connectivity index (χ1) is 8.93. The molecule has 0 radical (unpaired) electrons. The second-order valence-corrected chi connectivity index (χ2v) is 4.49. The molecule has 0 spiro atoms. The molecule has 0 aliphatic carbocycles. The number of allylic oxidation sites excluding steroid dienone is 1. The van der Waals surface area contributed by atoms with Crippen molar-refractivity contribution < 1.29 is 23.7 Å². The van der Waals surface area contributed by atoms with Gasteiger partial charge in [-0.3, -0.25) is 0 Å². The highest BCUT2D eigenvalue weighted by molar-refractivity contribution is 5.08. The topological polar surface area (TPSA) is 46.2 Å². The lowest BCUT2D eigenvalue weighted by Crippen LogP contribution is -2.35. The van der Waals surface area contributed by atoms with Crippen molar-refractivity contribution in [2.75, 3.05) is 33.0 Å². The zero-order valence-electron chi connectivity index (χ0n) is 10.3. The Hall–Kier alpha value is -1.20. The predicted octanol–water partition coefficient (Wildman–Crippen LogP) is 1.35. The first-order valence-corrected chi connectivity index (χ1v) is 6.44. The minimum atomic E-state index is -0.138. The average molecular weight is 254 g/mol. The fourth-order valence-electron chi connectivity index (χ4n) is 2.17. The van der Waals surface area contributed by atoms with Crippen LogP contribution in [0.5, 0.6) is 0 Å². The van der Waals surface area contributed by atoms with E-state index >= 15 is 0 Å². The predicted molar refractivity (Wildman–Crippen MR) is 62.7 cm³/mol. The standard InChI is InChI=1S/C13H18O5/c1-2-4-15-10(3-1)12-8-18-13(9-17-12)11-7-14-5-6-16-11/h3,9,11-12H,1-2,4-8H2. The monoisotopic (exact) mass is 254 g/mol. The Bertz CT molecular complexity index is 343. The molecule has 5 heteroatoms. The van der Waals surface area contributed by atoms with Crippen LogP contribution in [0.4, 0.5) is 0 Å². The van der Waals surface area contributed by atoms with Crippen molar-refractivity contribution >= 4 is 0 Å². The van der Waals surface area contributed by atoms with E-state index in [4.69, 9.17) is 23.7 Å². The number of hydrogen-bond acceptors (Lipinski definition) is 5. The van der Waals surface area contributed by atoms with Gasteiger partial charge in [-0.2, -0.15) is 0 Å². The van der Waals surface area contributed by atoms with E-state index in [2.05, 4.69) is 6.08 Å². The largest absolute Gasteiger partial charge is 0.494 e. The Morgan fingerprint density at radius 1 is 0.944 bits per heavy atom. The molecule has 1 fully saturated rings. The Kier molecular flexibility index (Phi) is 3.71. The molecule has 5 nitrogen and oxygen atoms in total. The SMILES string of the molecule is C1=C(C2COC(C3COCCO3)=CO2)OCCC1. The Labute approximate surface area is 106 Å². The second kappa shape index (κ2) is 5.63. The Morgan fingerprint density at radius 3 is 2.61 bits per heavy atom. The van der Waals surface area contributed by atoms with Crippen LogP contribution in [0.3, 0.4) is 0 Å². The lowest BCUT2D eigenvalue weighted by atomic mass is 10.2. The van der Waals surface area contributed by atoms with Gasteiger partial charge in [0.1, 0.15) is 24.7 Å². The van der Waals surface area contributed by atoms with E-state index in [1.807, 2.05) is 0 Å². The maximum absolute atomic E-state index is 5.69. The van der Waals surface area contributed by atoms with E-state index in [0.29, 0.717) is 32.2 Å². The van der Waals surface area contributed by atoms with Gasteiger partial charge >= 0.3 is 0 Å². The summed E-state index contributed by atoms with van der Waals surface area (Å²) < 4.78 is 27.8. The van der Waals surface area contributed by atoms with Gasteiger partial charge in [-0.25, -0.2) is 0 Å². The van der Waals surface area contributed by atoms with Crippen LogP contribution in [0.15, 0.2) is 23.9 Å².